The van der Waals surface area contributed by atoms with E-state index < -0.39 is 0 Å². The first-order chi connectivity index (χ1) is 8.70. The number of hydrogen-bond donors (Lipinski definition) is 1. The number of hydrogen-bond acceptors (Lipinski definition) is 2. The van der Waals surface area contributed by atoms with E-state index in [1.807, 2.05) is 18.2 Å². The van der Waals surface area contributed by atoms with E-state index in [0.29, 0.717) is 16.1 Å². The molecule has 0 radical (unpaired) electrons. The minimum absolute atomic E-state index is 0.305. The monoisotopic (exact) mass is 299 g/mol. The Balaban J connectivity index is 2.05. The molecule has 18 heavy (non-hydrogen) atoms. The lowest BCUT2D eigenvalue weighted by atomic mass is 10.0. The Morgan fingerprint density at radius 2 is 2.06 bits per heavy atom. The molecule has 1 heterocycles. The molecule has 0 bridgehead atoms. The summed E-state index contributed by atoms with van der Waals surface area (Å²) in [5, 5.41) is 9.02. The van der Waals surface area contributed by atoms with E-state index in [9.17, 15) is 0 Å². The summed E-state index contributed by atoms with van der Waals surface area (Å²) < 4.78 is 0. The van der Waals surface area contributed by atoms with Gasteiger partial charge in [0.15, 0.2) is 0 Å². The van der Waals surface area contributed by atoms with Crippen molar-refractivity contribution in [3.63, 3.8) is 0 Å². The van der Waals surface area contributed by atoms with E-state index in [1.54, 1.807) is 11.3 Å². The summed E-state index contributed by atoms with van der Waals surface area (Å²) in [6, 6.07) is 8.27. The van der Waals surface area contributed by atoms with Gasteiger partial charge in [0.25, 0.3) is 0 Å². The van der Waals surface area contributed by atoms with Crippen LogP contribution in [0.5, 0.6) is 0 Å². The van der Waals surface area contributed by atoms with Crippen LogP contribution < -0.4 is 5.32 Å². The molecule has 96 valence electrons. The fraction of sp³-hybridized carbons (Fsp3) is 0.286. The van der Waals surface area contributed by atoms with Gasteiger partial charge in [-0.3, -0.25) is 0 Å². The van der Waals surface area contributed by atoms with Gasteiger partial charge in [-0.25, -0.2) is 0 Å². The first-order valence-electron chi connectivity index (χ1n) is 5.90. The Morgan fingerprint density at radius 1 is 1.22 bits per heavy atom. The highest BCUT2D eigenvalue weighted by Gasteiger charge is 2.10. The molecular weight excluding hydrogens is 285 g/mol. The zero-order valence-electron chi connectivity index (χ0n) is 10.1. The van der Waals surface area contributed by atoms with Crippen LogP contribution >= 0.6 is 34.5 Å². The molecule has 4 heteroatoms. The molecule has 0 amide bonds. The Morgan fingerprint density at radius 3 is 2.67 bits per heavy atom. The molecule has 0 saturated heterocycles. The minimum Gasteiger partial charge on any atom is -0.306 e. The second kappa shape index (κ2) is 6.58. The van der Waals surface area contributed by atoms with E-state index in [0.717, 1.165) is 13.0 Å². The Labute approximate surface area is 122 Å². The fourth-order valence-electron chi connectivity index (χ4n) is 1.86. The zero-order valence-corrected chi connectivity index (χ0v) is 12.4. The lowest BCUT2D eigenvalue weighted by Gasteiger charge is -2.17. The van der Waals surface area contributed by atoms with Crippen molar-refractivity contribution in [3.8, 4) is 0 Å². The van der Waals surface area contributed by atoms with Crippen LogP contribution in [0.1, 0.15) is 30.5 Å². The fourth-order valence-corrected chi connectivity index (χ4v) is 2.84. The van der Waals surface area contributed by atoms with Crippen molar-refractivity contribution in [3.05, 3.63) is 56.2 Å². The third kappa shape index (κ3) is 3.48. The average Bonchev–Trinajstić information content (AvgIpc) is 2.87. The van der Waals surface area contributed by atoms with Gasteiger partial charge in [0.05, 0.1) is 10.0 Å². The van der Waals surface area contributed by atoms with Crippen LogP contribution in [0.3, 0.4) is 0 Å². The lowest BCUT2D eigenvalue weighted by Crippen LogP contribution is -2.19. The van der Waals surface area contributed by atoms with Gasteiger partial charge in [0.2, 0.25) is 0 Å². The summed E-state index contributed by atoms with van der Waals surface area (Å²) in [6.07, 6.45) is 1.02. The number of benzene rings is 1. The average molecular weight is 300 g/mol. The van der Waals surface area contributed by atoms with Gasteiger partial charge in [-0.1, -0.05) is 36.2 Å². The SMILES string of the molecule is CCC(NCc1ccsc1)c1ccc(Cl)c(Cl)c1. The third-order valence-corrected chi connectivity index (χ3v) is 4.36. The standard InChI is InChI=1S/C14H15Cl2NS/c1-2-14(17-8-10-5-6-18-9-10)11-3-4-12(15)13(16)7-11/h3-7,9,14,17H,2,8H2,1H3. The molecule has 1 aromatic carbocycles. The van der Waals surface area contributed by atoms with Gasteiger partial charge in [0, 0.05) is 12.6 Å². The van der Waals surface area contributed by atoms with E-state index in [1.165, 1.54) is 11.1 Å². The van der Waals surface area contributed by atoms with Crippen LogP contribution in [0.25, 0.3) is 0 Å². The van der Waals surface area contributed by atoms with E-state index >= 15 is 0 Å². The molecule has 0 spiro atoms. The van der Waals surface area contributed by atoms with Crippen LogP contribution in [-0.2, 0) is 6.54 Å². The maximum atomic E-state index is 6.06. The van der Waals surface area contributed by atoms with Gasteiger partial charge in [-0.15, -0.1) is 0 Å². The van der Waals surface area contributed by atoms with Crippen LogP contribution in [0.4, 0.5) is 0 Å². The van der Waals surface area contributed by atoms with E-state index in [2.05, 4.69) is 29.1 Å². The Hall–Kier alpha value is -0.540. The molecule has 1 N–H and O–H groups in total. The molecule has 0 saturated carbocycles. The number of thiophene rings is 1. The smallest absolute Gasteiger partial charge is 0.0595 e. The topological polar surface area (TPSA) is 12.0 Å². The summed E-state index contributed by atoms with van der Waals surface area (Å²) >= 11 is 13.7. The van der Waals surface area contributed by atoms with Crippen molar-refractivity contribution in [2.24, 2.45) is 0 Å². The van der Waals surface area contributed by atoms with Crippen molar-refractivity contribution in [1.82, 2.24) is 5.32 Å². The molecule has 0 aliphatic carbocycles. The van der Waals surface area contributed by atoms with Gasteiger partial charge < -0.3 is 5.32 Å². The molecule has 1 nitrogen and oxygen atoms in total. The van der Waals surface area contributed by atoms with Crippen molar-refractivity contribution in [1.29, 1.82) is 0 Å². The second-order valence-corrected chi connectivity index (χ2v) is 5.74. The molecule has 0 fully saturated rings. The summed E-state index contributed by atoms with van der Waals surface area (Å²) in [6.45, 7) is 3.04. The molecule has 0 aliphatic rings. The molecular formula is C14H15Cl2NS. The van der Waals surface area contributed by atoms with Crippen molar-refractivity contribution < 1.29 is 0 Å². The maximum Gasteiger partial charge on any atom is 0.0595 e. The number of rotatable bonds is 5. The van der Waals surface area contributed by atoms with Gasteiger partial charge in [-0.05, 0) is 46.5 Å². The van der Waals surface area contributed by atoms with E-state index in [-0.39, 0.29) is 0 Å². The molecule has 2 aromatic rings. The minimum atomic E-state index is 0.305. The first kappa shape index (κ1) is 13.9. The van der Waals surface area contributed by atoms with E-state index in [4.69, 9.17) is 23.2 Å². The molecule has 1 unspecified atom stereocenters. The lowest BCUT2D eigenvalue weighted by molar-refractivity contribution is 0.519. The van der Waals surface area contributed by atoms with Crippen molar-refractivity contribution in [2.75, 3.05) is 0 Å². The summed E-state index contributed by atoms with van der Waals surface area (Å²) in [7, 11) is 0. The van der Waals surface area contributed by atoms with Gasteiger partial charge in [-0.2, -0.15) is 11.3 Å². The van der Waals surface area contributed by atoms with Crippen LogP contribution in [0.2, 0.25) is 10.0 Å². The van der Waals surface area contributed by atoms with Crippen molar-refractivity contribution in [2.45, 2.75) is 25.9 Å². The predicted molar refractivity (Wildman–Crippen MR) is 80.7 cm³/mol. The number of halogens is 2. The summed E-state index contributed by atoms with van der Waals surface area (Å²) in [5.41, 5.74) is 2.50. The van der Waals surface area contributed by atoms with Crippen LogP contribution in [0.15, 0.2) is 35.0 Å². The largest absolute Gasteiger partial charge is 0.306 e. The summed E-state index contributed by atoms with van der Waals surface area (Å²) in [5.74, 6) is 0. The molecule has 0 aliphatic heterocycles. The predicted octanol–water partition coefficient (Wildman–Crippen LogP) is 5.30. The Kier molecular flexibility index (Phi) is 5.07. The second-order valence-electron chi connectivity index (χ2n) is 4.15. The van der Waals surface area contributed by atoms with Gasteiger partial charge >= 0.3 is 0 Å². The number of nitrogens with one attached hydrogen (secondary N) is 1. The molecule has 1 atom stereocenters. The molecule has 2 rings (SSSR count). The van der Waals surface area contributed by atoms with Gasteiger partial charge in [0.1, 0.15) is 0 Å². The highest BCUT2D eigenvalue weighted by atomic mass is 35.5. The molecule has 1 aromatic heterocycles. The quantitative estimate of drug-likeness (QED) is 0.790. The van der Waals surface area contributed by atoms with Crippen LogP contribution in [0, 0.1) is 0 Å². The summed E-state index contributed by atoms with van der Waals surface area (Å²) in [4.78, 5) is 0. The third-order valence-electron chi connectivity index (χ3n) is 2.89. The normalized spacial score (nSPS) is 12.6. The van der Waals surface area contributed by atoms with Crippen molar-refractivity contribution >= 4 is 34.5 Å². The highest BCUT2D eigenvalue weighted by Crippen LogP contribution is 2.27. The zero-order chi connectivity index (χ0) is 13.0. The maximum absolute atomic E-state index is 6.06. The highest BCUT2D eigenvalue weighted by molar-refractivity contribution is 7.07. The first-order valence-corrected chi connectivity index (χ1v) is 7.60. The Bertz CT molecular complexity index is 497. The van der Waals surface area contributed by atoms with Crippen LogP contribution in [-0.4, -0.2) is 0 Å².